The van der Waals surface area contributed by atoms with Gasteiger partial charge in [-0.2, -0.15) is 0 Å². The molecule has 0 aromatic heterocycles. The fraction of sp³-hybridized carbons (Fsp3) is 0.857. The van der Waals surface area contributed by atoms with Gasteiger partial charge in [-0.1, -0.05) is 13.8 Å². The molecule has 0 aliphatic heterocycles. The zero-order chi connectivity index (χ0) is 7.94. The summed E-state index contributed by atoms with van der Waals surface area (Å²) in [5, 5.41) is 10.4. The van der Waals surface area contributed by atoms with Gasteiger partial charge in [0.05, 0.1) is 6.04 Å². The predicted octanol–water partition coefficient (Wildman–Crippen LogP) is -1.61. The largest absolute Gasteiger partial charge is 0.550 e. The molecular formula is C7H13NO2. The van der Waals surface area contributed by atoms with Crippen molar-refractivity contribution in [1.82, 2.24) is 0 Å². The first-order chi connectivity index (χ1) is 4.46. The molecule has 3 N–H and O–H groups in total. The van der Waals surface area contributed by atoms with Crippen molar-refractivity contribution in [3.05, 3.63) is 0 Å². The third kappa shape index (κ3) is 0.814. The van der Waals surface area contributed by atoms with Crippen LogP contribution in [0.15, 0.2) is 0 Å². The number of rotatable bonds is 1. The molecule has 0 spiro atoms. The van der Waals surface area contributed by atoms with Crippen molar-refractivity contribution in [2.45, 2.75) is 26.3 Å². The van der Waals surface area contributed by atoms with Gasteiger partial charge in [0.1, 0.15) is 0 Å². The van der Waals surface area contributed by atoms with E-state index in [4.69, 9.17) is 0 Å². The van der Waals surface area contributed by atoms with Crippen LogP contribution < -0.4 is 10.8 Å². The van der Waals surface area contributed by atoms with E-state index in [0.29, 0.717) is 6.42 Å². The van der Waals surface area contributed by atoms with E-state index in [0.717, 1.165) is 0 Å². The van der Waals surface area contributed by atoms with Gasteiger partial charge >= 0.3 is 0 Å². The van der Waals surface area contributed by atoms with Crippen LogP contribution in [-0.4, -0.2) is 12.0 Å². The second kappa shape index (κ2) is 1.95. The van der Waals surface area contributed by atoms with E-state index in [1.807, 2.05) is 13.8 Å². The molecule has 2 atom stereocenters. The molecule has 0 amide bonds. The molecule has 3 heteroatoms. The van der Waals surface area contributed by atoms with Crippen LogP contribution in [-0.2, 0) is 4.79 Å². The van der Waals surface area contributed by atoms with E-state index >= 15 is 0 Å². The Bertz CT molecular complexity index is 165. The number of carbonyl (C=O) groups is 1. The average Bonchev–Trinajstić information content (AvgIpc) is 1.82. The normalized spacial score (nSPS) is 36.7. The zero-order valence-corrected chi connectivity index (χ0v) is 6.39. The van der Waals surface area contributed by atoms with Crippen LogP contribution in [0.5, 0.6) is 0 Å². The number of carboxylic acids is 1. The Kier molecular flexibility index (Phi) is 1.47. The Balaban J connectivity index is 2.63. The second-order valence-electron chi connectivity index (χ2n) is 3.63. The Labute approximate surface area is 60.2 Å². The molecule has 2 unspecified atom stereocenters. The molecule has 1 rings (SSSR count). The van der Waals surface area contributed by atoms with Crippen LogP contribution in [0.4, 0.5) is 0 Å². The Morgan fingerprint density at radius 2 is 2.20 bits per heavy atom. The first kappa shape index (κ1) is 7.54. The Hall–Kier alpha value is -0.570. The number of aliphatic carboxylic acids is 1. The molecular weight excluding hydrogens is 130 g/mol. The molecule has 0 bridgehead atoms. The van der Waals surface area contributed by atoms with Crippen molar-refractivity contribution in [3.8, 4) is 0 Å². The number of carboxylic acid groups (broad SMARTS) is 1. The van der Waals surface area contributed by atoms with E-state index in [2.05, 4.69) is 5.73 Å². The second-order valence-corrected chi connectivity index (χ2v) is 3.63. The van der Waals surface area contributed by atoms with Crippen LogP contribution in [0.1, 0.15) is 20.3 Å². The molecule has 1 aliphatic rings. The van der Waals surface area contributed by atoms with Crippen LogP contribution >= 0.6 is 0 Å². The minimum absolute atomic E-state index is 0.154. The molecule has 0 heterocycles. The lowest BCUT2D eigenvalue weighted by molar-refractivity contribution is -0.481. The molecule has 0 aromatic rings. The highest BCUT2D eigenvalue weighted by atomic mass is 16.4. The van der Waals surface area contributed by atoms with Crippen molar-refractivity contribution < 1.29 is 15.6 Å². The maximum absolute atomic E-state index is 10.4. The predicted molar refractivity (Wildman–Crippen MR) is 33.6 cm³/mol. The van der Waals surface area contributed by atoms with Crippen molar-refractivity contribution in [2.24, 2.45) is 11.3 Å². The molecule has 58 valence electrons. The SMILES string of the molecule is CC1(C)C([NH3+])CC1C(=O)[O-]. The molecule has 1 fully saturated rings. The summed E-state index contributed by atoms with van der Waals surface area (Å²) in [6.45, 7) is 3.85. The smallest absolute Gasteiger partial charge is 0.0908 e. The minimum Gasteiger partial charge on any atom is -0.550 e. The third-order valence-electron chi connectivity index (χ3n) is 2.76. The lowest BCUT2D eigenvalue weighted by atomic mass is 9.59. The lowest BCUT2D eigenvalue weighted by Crippen LogP contribution is -2.77. The quantitative estimate of drug-likeness (QED) is 0.480. The Morgan fingerprint density at radius 1 is 1.70 bits per heavy atom. The highest BCUT2D eigenvalue weighted by Crippen LogP contribution is 2.43. The monoisotopic (exact) mass is 143 g/mol. The Morgan fingerprint density at radius 3 is 2.30 bits per heavy atom. The maximum atomic E-state index is 10.4. The van der Waals surface area contributed by atoms with E-state index in [-0.39, 0.29) is 17.4 Å². The van der Waals surface area contributed by atoms with E-state index in [1.54, 1.807) is 0 Å². The van der Waals surface area contributed by atoms with E-state index in [9.17, 15) is 9.90 Å². The fourth-order valence-electron chi connectivity index (χ4n) is 1.42. The van der Waals surface area contributed by atoms with Crippen molar-refractivity contribution in [3.63, 3.8) is 0 Å². The third-order valence-corrected chi connectivity index (χ3v) is 2.76. The summed E-state index contributed by atoms with van der Waals surface area (Å²) in [6, 6.07) is 0.274. The summed E-state index contributed by atoms with van der Waals surface area (Å²) in [6.07, 6.45) is 0.676. The van der Waals surface area contributed by atoms with Crippen molar-refractivity contribution >= 4 is 5.97 Å². The maximum Gasteiger partial charge on any atom is 0.0908 e. The van der Waals surface area contributed by atoms with Gasteiger partial charge in [-0.05, 0) is 0 Å². The number of quaternary nitrogens is 1. The number of carbonyl (C=O) groups excluding carboxylic acids is 1. The summed E-state index contributed by atoms with van der Waals surface area (Å²) < 4.78 is 0. The highest BCUT2D eigenvalue weighted by molar-refractivity contribution is 5.70. The number of hydrogen-bond donors (Lipinski definition) is 1. The van der Waals surface area contributed by atoms with Crippen LogP contribution in [0.3, 0.4) is 0 Å². The lowest BCUT2D eigenvalue weighted by Gasteiger charge is -2.47. The van der Waals surface area contributed by atoms with E-state index in [1.165, 1.54) is 0 Å². The molecule has 0 saturated heterocycles. The summed E-state index contributed by atoms with van der Waals surface area (Å²) in [4.78, 5) is 10.4. The summed E-state index contributed by atoms with van der Waals surface area (Å²) in [7, 11) is 0. The molecule has 3 nitrogen and oxygen atoms in total. The topological polar surface area (TPSA) is 67.8 Å². The van der Waals surface area contributed by atoms with Gasteiger partial charge in [-0.3, -0.25) is 0 Å². The summed E-state index contributed by atoms with van der Waals surface area (Å²) in [5.74, 6) is -1.21. The highest BCUT2D eigenvalue weighted by Gasteiger charge is 2.49. The zero-order valence-electron chi connectivity index (χ0n) is 6.39. The van der Waals surface area contributed by atoms with Gasteiger partial charge in [-0.15, -0.1) is 0 Å². The summed E-state index contributed by atoms with van der Waals surface area (Å²) >= 11 is 0. The van der Waals surface area contributed by atoms with Gasteiger partial charge in [0.2, 0.25) is 0 Å². The van der Waals surface area contributed by atoms with Gasteiger partial charge < -0.3 is 15.6 Å². The summed E-state index contributed by atoms with van der Waals surface area (Å²) in [5.41, 5.74) is 3.68. The van der Waals surface area contributed by atoms with Crippen molar-refractivity contribution in [2.75, 3.05) is 0 Å². The van der Waals surface area contributed by atoms with Gasteiger partial charge in [0.25, 0.3) is 0 Å². The first-order valence-electron chi connectivity index (χ1n) is 3.50. The standard InChI is InChI=1S/C7H13NO2/c1-7(2)4(6(9)10)3-5(7)8/h4-5H,3,8H2,1-2H3,(H,9,10). The van der Waals surface area contributed by atoms with Crippen LogP contribution in [0.2, 0.25) is 0 Å². The average molecular weight is 143 g/mol. The van der Waals surface area contributed by atoms with Gasteiger partial charge in [0.15, 0.2) is 0 Å². The van der Waals surface area contributed by atoms with Gasteiger partial charge in [-0.25, -0.2) is 0 Å². The van der Waals surface area contributed by atoms with E-state index < -0.39 is 5.97 Å². The molecule has 0 aromatic carbocycles. The first-order valence-corrected chi connectivity index (χ1v) is 3.50. The van der Waals surface area contributed by atoms with Crippen LogP contribution in [0, 0.1) is 11.3 Å². The number of hydrogen-bond acceptors (Lipinski definition) is 2. The molecule has 0 radical (unpaired) electrons. The van der Waals surface area contributed by atoms with Crippen LogP contribution in [0.25, 0.3) is 0 Å². The van der Waals surface area contributed by atoms with Crippen molar-refractivity contribution in [1.29, 1.82) is 0 Å². The fourth-order valence-corrected chi connectivity index (χ4v) is 1.42. The van der Waals surface area contributed by atoms with Gasteiger partial charge in [0, 0.05) is 23.7 Å². The minimum atomic E-state index is -0.926. The molecule has 1 aliphatic carbocycles. The molecule has 10 heavy (non-hydrogen) atoms. The molecule has 1 saturated carbocycles.